The lowest BCUT2D eigenvalue weighted by Gasteiger charge is -2.12. The summed E-state index contributed by atoms with van der Waals surface area (Å²) in [4.78, 5) is 12.8. The van der Waals surface area contributed by atoms with Gasteiger partial charge in [0.1, 0.15) is 18.2 Å². The normalized spacial score (nSPS) is 11.9. The standard InChI is InChI=1S/C20H19F3N2O3/c1-12-7-16(13(2)25(12)11-20(21,22)23)19(26)15(10-24)8-14-5-6-17(27-3)18(9-14)28-4/h5-9H,11H2,1-4H3/b15-8+. The number of hydrogen-bond acceptors (Lipinski definition) is 4. The van der Waals surface area contributed by atoms with E-state index in [4.69, 9.17) is 9.47 Å². The van der Waals surface area contributed by atoms with Crippen LogP contribution in [-0.2, 0) is 6.54 Å². The van der Waals surface area contributed by atoms with Gasteiger partial charge in [-0.3, -0.25) is 4.79 Å². The van der Waals surface area contributed by atoms with Gasteiger partial charge in [-0.25, -0.2) is 0 Å². The van der Waals surface area contributed by atoms with E-state index >= 15 is 0 Å². The predicted octanol–water partition coefficient (Wildman–Crippen LogP) is 4.47. The molecule has 0 saturated heterocycles. The van der Waals surface area contributed by atoms with Gasteiger partial charge in [0, 0.05) is 17.0 Å². The summed E-state index contributed by atoms with van der Waals surface area (Å²) < 4.78 is 49.6. The topological polar surface area (TPSA) is 64.2 Å². The van der Waals surface area contributed by atoms with Crippen LogP contribution in [0.15, 0.2) is 29.8 Å². The van der Waals surface area contributed by atoms with Crippen molar-refractivity contribution in [2.45, 2.75) is 26.6 Å². The van der Waals surface area contributed by atoms with Gasteiger partial charge in [0.25, 0.3) is 0 Å². The van der Waals surface area contributed by atoms with E-state index in [0.29, 0.717) is 22.8 Å². The first-order valence-corrected chi connectivity index (χ1v) is 8.23. The lowest BCUT2D eigenvalue weighted by atomic mass is 10.0. The zero-order valence-corrected chi connectivity index (χ0v) is 15.8. The number of carbonyl (C=O) groups excluding carboxylic acids is 1. The highest BCUT2D eigenvalue weighted by molar-refractivity contribution is 6.14. The van der Waals surface area contributed by atoms with Crippen LogP contribution in [0.25, 0.3) is 6.08 Å². The minimum Gasteiger partial charge on any atom is -0.493 e. The first-order valence-electron chi connectivity index (χ1n) is 8.23. The number of hydrogen-bond donors (Lipinski definition) is 0. The molecule has 0 aliphatic heterocycles. The monoisotopic (exact) mass is 392 g/mol. The molecule has 1 heterocycles. The van der Waals surface area contributed by atoms with Gasteiger partial charge in [0.15, 0.2) is 11.5 Å². The molecule has 0 aliphatic carbocycles. The van der Waals surface area contributed by atoms with Crippen LogP contribution >= 0.6 is 0 Å². The van der Waals surface area contributed by atoms with Crippen molar-refractivity contribution >= 4 is 11.9 Å². The minimum atomic E-state index is -4.41. The molecular formula is C20H19F3N2O3. The summed E-state index contributed by atoms with van der Waals surface area (Å²) in [5.41, 5.74) is 0.844. The Balaban J connectivity index is 2.43. The Kier molecular flexibility index (Phi) is 6.19. The zero-order chi connectivity index (χ0) is 21.1. The van der Waals surface area contributed by atoms with Crippen LogP contribution in [0.1, 0.15) is 27.3 Å². The molecule has 2 rings (SSSR count). The quantitative estimate of drug-likeness (QED) is 0.413. The maximum absolute atomic E-state index is 12.8. The van der Waals surface area contributed by atoms with Crippen molar-refractivity contribution in [3.8, 4) is 17.6 Å². The van der Waals surface area contributed by atoms with Crippen molar-refractivity contribution < 1.29 is 27.4 Å². The van der Waals surface area contributed by atoms with Gasteiger partial charge in [0.2, 0.25) is 5.78 Å². The zero-order valence-electron chi connectivity index (χ0n) is 15.8. The molecule has 0 radical (unpaired) electrons. The van der Waals surface area contributed by atoms with Gasteiger partial charge in [-0.15, -0.1) is 0 Å². The third-order valence-corrected chi connectivity index (χ3v) is 4.24. The van der Waals surface area contributed by atoms with E-state index in [1.54, 1.807) is 18.2 Å². The third-order valence-electron chi connectivity index (χ3n) is 4.24. The molecule has 0 saturated carbocycles. The van der Waals surface area contributed by atoms with Crippen LogP contribution in [0.2, 0.25) is 0 Å². The van der Waals surface area contributed by atoms with E-state index in [9.17, 15) is 23.2 Å². The van der Waals surface area contributed by atoms with E-state index in [-0.39, 0.29) is 16.8 Å². The fourth-order valence-electron chi connectivity index (χ4n) is 2.86. The second-order valence-corrected chi connectivity index (χ2v) is 6.10. The number of Topliss-reactive ketones (excluding diaryl/α,β-unsaturated/α-hetero) is 1. The summed E-state index contributed by atoms with van der Waals surface area (Å²) in [5, 5.41) is 9.42. The lowest BCUT2D eigenvalue weighted by Crippen LogP contribution is -2.19. The molecule has 1 aromatic heterocycles. The Hall–Kier alpha value is -3.21. The number of alkyl halides is 3. The molecule has 0 unspecified atom stereocenters. The molecule has 148 valence electrons. The number of methoxy groups -OCH3 is 2. The van der Waals surface area contributed by atoms with Crippen molar-refractivity contribution in [3.63, 3.8) is 0 Å². The summed E-state index contributed by atoms with van der Waals surface area (Å²) >= 11 is 0. The number of allylic oxidation sites excluding steroid dienone is 1. The number of nitrogens with zero attached hydrogens (tertiary/aromatic N) is 2. The van der Waals surface area contributed by atoms with Crippen LogP contribution in [0.3, 0.4) is 0 Å². The number of aryl methyl sites for hydroxylation is 1. The Labute approximate surface area is 160 Å². The minimum absolute atomic E-state index is 0.0648. The van der Waals surface area contributed by atoms with E-state index < -0.39 is 18.5 Å². The van der Waals surface area contributed by atoms with Crippen LogP contribution < -0.4 is 9.47 Å². The number of carbonyl (C=O) groups is 1. The molecule has 8 heteroatoms. The van der Waals surface area contributed by atoms with E-state index in [1.165, 1.54) is 40.2 Å². The maximum Gasteiger partial charge on any atom is 0.406 e. The number of nitriles is 1. The van der Waals surface area contributed by atoms with E-state index in [1.807, 2.05) is 6.07 Å². The highest BCUT2D eigenvalue weighted by Gasteiger charge is 2.30. The average molecular weight is 392 g/mol. The fraction of sp³-hybridized carbons (Fsp3) is 0.300. The van der Waals surface area contributed by atoms with Crippen molar-refractivity contribution in [2.75, 3.05) is 14.2 Å². The smallest absolute Gasteiger partial charge is 0.406 e. The number of rotatable bonds is 6. The van der Waals surface area contributed by atoms with Gasteiger partial charge in [0.05, 0.1) is 14.2 Å². The van der Waals surface area contributed by atoms with Gasteiger partial charge < -0.3 is 14.0 Å². The largest absolute Gasteiger partial charge is 0.493 e. The lowest BCUT2D eigenvalue weighted by molar-refractivity contribution is -0.141. The molecule has 0 atom stereocenters. The Bertz CT molecular complexity index is 966. The van der Waals surface area contributed by atoms with Crippen LogP contribution in [0.4, 0.5) is 13.2 Å². The average Bonchev–Trinajstić information content (AvgIpc) is 2.92. The molecule has 5 nitrogen and oxygen atoms in total. The summed E-state index contributed by atoms with van der Waals surface area (Å²) in [5.74, 6) is 0.267. The number of ether oxygens (including phenoxy) is 2. The van der Waals surface area contributed by atoms with Gasteiger partial charge in [-0.05, 0) is 43.7 Å². The summed E-state index contributed by atoms with van der Waals surface area (Å²) in [6.07, 6.45) is -3.05. The second kappa shape index (κ2) is 8.21. The summed E-state index contributed by atoms with van der Waals surface area (Å²) in [6, 6.07) is 8.05. The molecule has 1 aromatic carbocycles. The van der Waals surface area contributed by atoms with Crippen LogP contribution in [-0.4, -0.2) is 30.7 Å². The third kappa shape index (κ3) is 4.55. The summed E-state index contributed by atoms with van der Waals surface area (Å²) in [7, 11) is 2.94. The number of ketones is 1. The molecule has 0 bridgehead atoms. The molecule has 0 amide bonds. The SMILES string of the molecule is COc1ccc(/C=C(\C#N)C(=O)c2cc(C)n(CC(F)(F)F)c2C)cc1OC. The van der Waals surface area contributed by atoms with Crippen LogP contribution in [0, 0.1) is 25.2 Å². The number of aromatic nitrogens is 1. The molecular weight excluding hydrogens is 373 g/mol. The number of benzene rings is 1. The first kappa shape index (κ1) is 21.1. The first-order chi connectivity index (χ1) is 13.1. The predicted molar refractivity (Wildman–Crippen MR) is 97.4 cm³/mol. The maximum atomic E-state index is 12.8. The highest BCUT2D eigenvalue weighted by Crippen LogP contribution is 2.29. The van der Waals surface area contributed by atoms with E-state index in [0.717, 1.165) is 4.57 Å². The van der Waals surface area contributed by atoms with Gasteiger partial charge >= 0.3 is 6.18 Å². The van der Waals surface area contributed by atoms with Crippen molar-refractivity contribution in [1.29, 1.82) is 5.26 Å². The highest BCUT2D eigenvalue weighted by atomic mass is 19.4. The molecule has 0 fully saturated rings. The van der Waals surface area contributed by atoms with Crippen molar-refractivity contribution in [2.24, 2.45) is 0 Å². The summed E-state index contributed by atoms with van der Waals surface area (Å²) in [6.45, 7) is 1.72. The van der Waals surface area contributed by atoms with Gasteiger partial charge in [-0.1, -0.05) is 6.07 Å². The molecule has 28 heavy (non-hydrogen) atoms. The molecule has 0 spiro atoms. The molecule has 0 aliphatic rings. The Morgan fingerprint density at radius 2 is 1.82 bits per heavy atom. The van der Waals surface area contributed by atoms with Crippen LogP contribution in [0.5, 0.6) is 11.5 Å². The molecule has 0 N–H and O–H groups in total. The van der Waals surface area contributed by atoms with E-state index in [2.05, 4.69) is 0 Å². The fourth-order valence-corrected chi connectivity index (χ4v) is 2.86. The second-order valence-electron chi connectivity index (χ2n) is 6.10. The van der Waals surface area contributed by atoms with Gasteiger partial charge in [-0.2, -0.15) is 18.4 Å². The van der Waals surface area contributed by atoms with Crippen molar-refractivity contribution in [3.05, 3.63) is 52.4 Å². The Morgan fingerprint density at radius 1 is 1.18 bits per heavy atom. The Morgan fingerprint density at radius 3 is 2.36 bits per heavy atom. The van der Waals surface area contributed by atoms with Crippen molar-refractivity contribution in [1.82, 2.24) is 4.57 Å². The molecule has 2 aromatic rings. The number of halogens is 3.